The van der Waals surface area contributed by atoms with Gasteiger partial charge in [-0.15, -0.1) is 0 Å². The van der Waals surface area contributed by atoms with Crippen LogP contribution in [0.5, 0.6) is 17.2 Å². The van der Waals surface area contributed by atoms with Crippen molar-refractivity contribution in [2.24, 2.45) is 40.4 Å². The Kier molecular flexibility index (Phi) is 5.87. The van der Waals surface area contributed by atoms with Gasteiger partial charge < -0.3 is 20.4 Å². The average molecular weight is 473 g/mol. The molecule has 0 aromatic heterocycles. The van der Waals surface area contributed by atoms with Gasteiger partial charge in [0.1, 0.15) is 17.2 Å². The van der Waals surface area contributed by atoms with E-state index in [-0.39, 0.29) is 51.2 Å². The molecule has 0 radical (unpaired) electrons. The Morgan fingerprint density at radius 1 is 0.853 bits per heavy atom. The number of hydrogen-bond donors (Lipinski definition) is 4. The van der Waals surface area contributed by atoms with Crippen molar-refractivity contribution in [2.45, 2.75) is 85.2 Å². The summed E-state index contributed by atoms with van der Waals surface area (Å²) in [5.41, 5.74) is -1.55. The predicted molar refractivity (Wildman–Crippen MR) is 129 cm³/mol. The van der Waals surface area contributed by atoms with Crippen molar-refractivity contribution in [3.8, 4) is 17.2 Å². The monoisotopic (exact) mass is 472 g/mol. The highest BCUT2D eigenvalue weighted by molar-refractivity contribution is 5.95. The number of aldehydes is 2. The third-order valence-corrected chi connectivity index (χ3v) is 10.1. The molecule has 4 rings (SSSR count). The number of fused-ring (bicyclic) bond motifs is 3. The summed E-state index contributed by atoms with van der Waals surface area (Å²) in [6.45, 7) is 12.9. The number of carbonyl (C=O) groups excluding carboxylic acids is 2. The molecule has 34 heavy (non-hydrogen) atoms. The SMILES string of the molecule is CC(C)C[C@H](c1c(O)c(C=O)c(O)c(C=O)c1O)[C@@]1(C)CC[C@H]2[C@@H]1[C@H]1[C@H](CC[C@@]2(C)O)C1(C)C. The van der Waals surface area contributed by atoms with Gasteiger partial charge in [-0.05, 0) is 85.4 Å². The molecule has 4 N–H and O–H groups in total. The van der Waals surface area contributed by atoms with E-state index in [1.807, 2.05) is 6.92 Å². The topological polar surface area (TPSA) is 115 Å². The van der Waals surface area contributed by atoms with Crippen LogP contribution in [0.4, 0.5) is 0 Å². The van der Waals surface area contributed by atoms with Crippen LogP contribution in [0.25, 0.3) is 0 Å². The Hall–Kier alpha value is -2.08. The van der Waals surface area contributed by atoms with E-state index >= 15 is 0 Å². The van der Waals surface area contributed by atoms with Crippen LogP contribution >= 0.6 is 0 Å². The maximum Gasteiger partial charge on any atom is 0.157 e. The standard InChI is InChI=1S/C28H40O6/c1-14(2)11-19(20-24(32)15(12-29)23(31)16(13-30)25(20)33)27(5)9-7-18-22(27)21-17(26(21,3)4)8-10-28(18,6)34/h12-14,17-19,21-22,31-34H,7-11H2,1-6H3/t17-,18-,19+,21+,22+,27+,28+/m0/s1. The van der Waals surface area contributed by atoms with Crippen LogP contribution in [-0.4, -0.2) is 38.6 Å². The molecular weight excluding hydrogens is 432 g/mol. The van der Waals surface area contributed by atoms with Crippen LogP contribution in [0.3, 0.4) is 0 Å². The highest BCUT2D eigenvalue weighted by atomic mass is 16.3. The van der Waals surface area contributed by atoms with Gasteiger partial charge in [0.15, 0.2) is 12.6 Å². The number of aliphatic hydroxyl groups is 1. The summed E-state index contributed by atoms with van der Waals surface area (Å²) >= 11 is 0. The number of rotatable bonds is 6. The van der Waals surface area contributed by atoms with E-state index < -0.39 is 22.8 Å². The zero-order chi connectivity index (χ0) is 25.4. The fourth-order valence-electron chi connectivity index (χ4n) is 8.23. The third kappa shape index (κ3) is 3.39. The van der Waals surface area contributed by atoms with Crippen molar-refractivity contribution < 1.29 is 30.0 Å². The van der Waals surface area contributed by atoms with Crippen molar-refractivity contribution in [3.05, 3.63) is 16.7 Å². The summed E-state index contributed by atoms with van der Waals surface area (Å²) < 4.78 is 0. The Morgan fingerprint density at radius 3 is 1.88 bits per heavy atom. The van der Waals surface area contributed by atoms with Gasteiger partial charge in [0.25, 0.3) is 0 Å². The van der Waals surface area contributed by atoms with E-state index in [9.17, 15) is 30.0 Å². The molecule has 3 aliphatic rings. The van der Waals surface area contributed by atoms with Crippen molar-refractivity contribution in [1.82, 2.24) is 0 Å². The lowest BCUT2D eigenvalue weighted by molar-refractivity contribution is -0.0441. The summed E-state index contributed by atoms with van der Waals surface area (Å²) in [6.07, 6.45) is 4.71. The van der Waals surface area contributed by atoms with E-state index in [2.05, 4.69) is 34.6 Å². The molecular formula is C28H40O6. The van der Waals surface area contributed by atoms with E-state index in [1.54, 1.807) is 0 Å². The number of phenols is 3. The molecule has 188 valence electrons. The number of benzene rings is 1. The zero-order valence-corrected chi connectivity index (χ0v) is 21.3. The summed E-state index contributed by atoms with van der Waals surface area (Å²) in [4.78, 5) is 23.6. The molecule has 0 saturated heterocycles. The molecule has 3 saturated carbocycles. The van der Waals surface area contributed by atoms with Crippen LogP contribution in [0.2, 0.25) is 0 Å². The predicted octanol–water partition coefficient (Wildman–Crippen LogP) is 5.41. The molecule has 1 aromatic carbocycles. The number of hydrogen-bond acceptors (Lipinski definition) is 6. The van der Waals surface area contributed by atoms with Crippen molar-refractivity contribution in [3.63, 3.8) is 0 Å². The third-order valence-electron chi connectivity index (χ3n) is 10.1. The van der Waals surface area contributed by atoms with Crippen LogP contribution < -0.4 is 0 Å². The molecule has 0 bridgehead atoms. The zero-order valence-electron chi connectivity index (χ0n) is 21.3. The summed E-state index contributed by atoms with van der Waals surface area (Å²) in [7, 11) is 0. The maximum atomic E-state index is 11.8. The van der Waals surface area contributed by atoms with Gasteiger partial charge in [0.2, 0.25) is 0 Å². The molecule has 0 unspecified atom stereocenters. The molecule has 6 nitrogen and oxygen atoms in total. The summed E-state index contributed by atoms with van der Waals surface area (Å²) in [6, 6.07) is 0. The lowest BCUT2D eigenvalue weighted by Crippen LogP contribution is -2.42. The molecule has 0 heterocycles. The first-order valence-corrected chi connectivity index (χ1v) is 12.7. The minimum atomic E-state index is -0.782. The Bertz CT molecular complexity index is 974. The van der Waals surface area contributed by atoms with Crippen LogP contribution in [0.15, 0.2) is 0 Å². The molecule has 3 fully saturated rings. The van der Waals surface area contributed by atoms with Gasteiger partial charge in [0, 0.05) is 5.56 Å². The first kappa shape index (κ1) is 25.0. The minimum Gasteiger partial charge on any atom is -0.507 e. The second-order valence-corrected chi connectivity index (χ2v) is 12.7. The molecule has 3 aliphatic carbocycles. The second kappa shape index (κ2) is 7.97. The van der Waals surface area contributed by atoms with Crippen LogP contribution in [-0.2, 0) is 0 Å². The van der Waals surface area contributed by atoms with E-state index in [1.165, 1.54) is 0 Å². The van der Waals surface area contributed by atoms with Gasteiger partial charge in [-0.3, -0.25) is 9.59 Å². The van der Waals surface area contributed by atoms with Gasteiger partial charge in [-0.2, -0.15) is 0 Å². The second-order valence-electron chi connectivity index (χ2n) is 12.7. The van der Waals surface area contributed by atoms with Gasteiger partial charge in [-0.25, -0.2) is 0 Å². The largest absolute Gasteiger partial charge is 0.507 e. The van der Waals surface area contributed by atoms with E-state index in [4.69, 9.17) is 0 Å². The van der Waals surface area contributed by atoms with Gasteiger partial charge in [0.05, 0.1) is 16.7 Å². The minimum absolute atomic E-state index is 0.0985. The first-order chi connectivity index (χ1) is 15.7. The number of phenolic OH excluding ortho intramolecular Hbond substituents is 3. The Morgan fingerprint density at radius 2 is 1.38 bits per heavy atom. The van der Waals surface area contributed by atoms with Crippen molar-refractivity contribution in [2.75, 3.05) is 0 Å². The number of aromatic hydroxyl groups is 3. The van der Waals surface area contributed by atoms with Crippen molar-refractivity contribution in [1.29, 1.82) is 0 Å². The highest BCUT2D eigenvalue weighted by Crippen LogP contribution is 2.76. The maximum absolute atomic E-state index is 11.8. The Balaban J connectivity index is 1.94. The normalized spacial score (nSPS) is 36.9. The molecule has 6 heteroatoms. The highest BCUT2D eigenvalue weighted by Gasteiger charge is 2.70. The van der Waals surface area contributed by atoms with Gasteiger partial charge >= 0.3 is 0 Å². The number of carbonyl (C=O) groups is 2. The Labute approximate surface area is 202 Å². The summed E-state index contributed by atoms with van der Waals surface area (Å²) in [5.74, 6) is -0.524. The fraction of sp³-hybridized carbons (Fsp3) is 0.714. The smallest absolute Gasteiger partial charge is 0.157 e. The molecule has 7 atom stereocenters. The molecule has 1 aromatic rings. The average Bonchev–Trinajstić information content (AvgIpc) is 3.13. The summed E-state index contributed by atoms with van der Waals surface area (Å²) in [5, 5.41) is 44.1. The lowest BCUT2D eigenvalue weighted by atomic mass is 9.59. The lowest BCUT2D eigenvalue weighted by Gasteiger charge is -2.45. The molecule has 0 aliphatic heterocycles. The van der Waals surface area contributed by atoms with E-state index in [0.29, 0.717) is 30.8 Å². The van der Waals surface area contributed by atoms with E-state index in [0.717, 1.165) is 25.7 Å². The molecule has 0 spiro atoms. The van der Waals surface area contributed by atoms with Crippen LogP contribution in [0, 0.1) is 40.4 Å². The molecule has 0 amide bonds. The first-order valence-electron chi connectivity index (χ1n) is 12.7. The fourth-order valence-corrected chi connectivity index (χ4v) is 8.23. The van der Waals surface area contributed by atoms with Gasteiger partial charge in [-0.1, -0.05) is 34.6 Å². The van der Waals surface area contributed by atoms with Crippen LogP contribution in [0.1, 0.15) is 106 Å². The quantitative estimate of drug-likeness (QED) is 0.412. The van der Waals surface area contributed by atoms with Crippen molar-refractivity contribution >= 4 is 12.6 Å².